The highest BCUT2D eigenvalue weighted by Crippen LogP contribution is 2.34. The fourth-order valence-corrected chi connectivity index (χ4v) is 3.93. The van der Waals surface area contributed by atoms with Gasteiger partial charge in [-0.3, -0.25) is 4.79 Å². The van der Waals surface area contributed by atoms with Gasteiger partial charge < -0.3 is 10.2 Å². The Hall–Kier alpha value is -2.43. The van der Waals surface area contributed by atoms with Crippen LogP contribution in [0.1, 0.15) is 49.4 Å². The lowest BCUT2D eigenvalue weighted by molar-refractivity contribution is -0.117. The molecule has 2 aromatic rings. The third-order valence-corrected chi connectivity index (χ3v) is 5.20. The fourth-order valence-electron chi connectivity index (χ4n) is 3.93. The molecule has 1 aliphatic rings. The largest absolute Gasteiger partial charge is 0.364 e. The van der Waals surface area contributed by atoms with Crippen LogP contribution in [0.25, 0.3) is 0 Å². The smallest absolute Gasteiger partial charge is 0.224 e. The van der Waals surface area contributed by atoms with Gasteiger partial charge in [0.25, 0.3) is 0 Å². The summed E-state index contributed by atoms with van der Waals surface area (Å²) in [7, 11) is 0. The number of benzene rings is 2. The van der Waals surface area contributed by atoms with Crippen LogP contribution in [0.15, 0.2) is 24.3 Å². The van der Waals surface area contributed by atoms with Crippen molar-refractivity contribution in [2.45, 2.75) is 54.0 Å². The van der Waals surface area contributed by atoms with Gasteiger partial charge in [-0.05, 0) is 60.1 Å². The fraction of sp³-hybridized carbons (Fsp3) is 0.435. The molecule has 0 bridgehead atoms. The molecule has 28 heavy (non-hydrogen) atoms. The SMILES string of the molecule is Cc1cc2c(c(C)c1NC(=O)CC(C)(C)C)CCN(c1ccc(F)cc1F)C2. The molecule has 150 valence electrons. The first-order valence-electron chi connectivity index (χ1n) is 9.67. The van der Waals surface area contributed by atoms with E-state index in [1.54, 1.807) is 0 Å². The molecule has 0 saturated heterocycles. The maximum absolute atomic E-state index is 14.2. The van der Waals surface area contributed by atoms with Crippen molar-refractivity contribution in [1.82, 2.24) is 0 Å². The highest BCUT2D eigenvalue weighted by Gasteiger charge is 2.24. The zero-order valence-corrected chi connectivity index (χ0v) is 17.2. The van der Waals surface area contributed by atoms with Crippen LogP contribution in [-0.2, 0) is 17.8 Å². The third-order valence-electron chi connectivity index (χ3n) is 5.20. The van der Waals surface area contributed by atoms with Gasteiger partial charge in [-0.15, -0.1) is 0 Å². The van der Waals surface area contributed by atoms with E-state index in [0.717, 1.165) is 34.9 Å². The number of amides is 1. The second kappa shape index (κ2) is 7.53. The monoisotopic (exact) mass is 386 g/mol. The van der Waals surface area contributed by atoms with Crippen molar-refractivity contribution in [2.75, 3.05) is 16.8 Å². The molecule has 2 aromatic carbocycles. The molecule has 0 radical (unpaired) electrons. The Morgan fingerprint density at radius 2 is 1.89 bits per heavy atom. The predicted octanol–water partition coefficient (Wildman–Crippen LogP) is 5.52. The maximum Gasteiger partial charge on any atom is 0.224 e. The number of rotatable bonds is 3. The molecular formula is C23H28F2N2O. The second-order valence-electron chi connectivity index (χ2n) is 8.88. The van der Waals surface area contributed by atoms with E-state index in [1.807, 2.05) is 39.5 Å². The molecule has 0 unspecified atom stereocenters. The molecule has 0 aliphatic carbocycles. The number of carbonyl (C=O) groups excluding carboxylic acids is 1. The Morgan fingerprint density at radius 3 is 2.54 bits per heavy atom. The number of nitrogens with zero attached hydrogens (tertiary/aromatic N) is 1. The molecule has 1 aliphatic heterocycles. The summed E-state index contributed by atoms with van der Waals surface area (Å²) < 4.78 is 27.4. The van der Waals surface area contributed by atoms with Crippen molar-refractivity contribution in [3.05, 3.63) is 58.2 Å². The van der Waals surface area contributed by atoms with E-state index >= 15 is 0 Å². The van der Waals surface area contributed by atoms with Gasteiger partial charge in [0, 0.05) is 31.3 Å². The molecular weight excluding hydrogens is 358 g/mol. The van der Waals surface area contributed by atoms with Gasteiger partial charge in [-0.25, -0.2) is 8.78 Å². The van der Waals surface area contributed by atoms with Gasteiger partial charge in [0.1, 0.15) is 11.6 Å². The summed E-state index contributed by atoms with van der Waals surface area (Å²) in [6.07, 6.45) is 1.21. The van der Waals surface area contributed by atoms with Crippen LogP contribution in [0.5, 0.6) is 0 Å². The minimum atomic E-state index is -0.569. The van der Waals surface area contributed by atoms with Gasteiger partial charge in [0.15, 0.2) is 0 Å². The number of nitrogens with one attached hydrogen (secondary N) is 1. The van der Waals surface area contributed by atoms with Gasteiger partial charge in [0.2, 0.25) is 5.91 Å². The Labute approximate surface area is 165 Å². The lowest BCUT2D eigenvalue weighted by Gasteiger charge is -2.33. The van der Waals surface area contributed by atoms with Crippen LogP contribution in [0.3, 0.4) is 0 Å². The topological polar surface area (TPSA) is 32.3 Å². The molecule has 0 fully saturated rings. The molecule has 1 N–H and O–H groups in total. The third kappa shape index (κ3) is 4.34. The maximum atomic E-state index is 14.2. The summed E-state index contributed by atoms with van der Waals surface area (Å²) >= 11 is 0. The quantitative estimate of drug-likeness (QED) is 0.753. The van der Waals surface area contributed by atoms with Crippen LogP contribution < -0.4 is 10.2 Å². The lowest BCUT2D eigenvalue weighted by atomic mass is 9.90. The van der Waals surface area contributed by atoms with Gasteiger partial charge in [-0.1, -0.05) is 26.8 Å². The zero-order chi connectivity index (χ0) is 20.6. The number of fused-ring (bicyclic) bond motifs is 1. The molecule has 0 spiro atoms. The summed E-state index contributed by atoms with van der Waals surface area (Å²) in [5.41, 5.74) is 5.64. The van der Waals surface area contributed by atoms with E-state index in [9.17, 15) is 13.6 Å². The van der Waals surface area contributed by atoms with Gasteiger partial charge >= 0.3 is 0 Å². The highest BCUT2D eigenvalue weighted by molar-refractivity contribution is 5.93. The van der Waals surface area contributed by atoms with Crippen molar-refractivity contribution in [3.63, 3.8) is 0 Å². The lowest BCUT2D eigenvalue weighted by Crippen LogP contribution is -2.32. The summed E-state index contributed by atoms with van der Waals surface area (Å²) in [6, 6.07) is 5.78. The summed E-state index contributed by atoms with van der Waals surface area (Å²) in [5.74, 6) is -1.09. The van der Waals surface area contributed by atoms with E-state index in [4.69, 9.17) is 0 Å². The van der Waals surface area contributed by atoms with Crippen molar-refractivity contribution < 1.29 is 13.6 Å². The first-order valence-corrected chi connectivity index (χ1v) is 9.67. The Bertz CT molecular complexity index is 916. The van der Waals surface area contributed by atoms with Crippen LogP contribution in [0.2, 0.25) is 0 Å². The minimum Gasteiger partial charge on any atom is -0.364 e. The molecule has 0 aromatic heterocycles. The summed E-state index contributed by atoms with van der Waals surface area (Å²) in [5, 5.41) is 3.09. The minimum absolute atomic E-state index is 0.0180. The Morgan fingerprint density at radius 1 is 1.18 bits per heavy atom. The number of carbonyl (C=O) groups is 1. The second-order valence-corrected chi connectivity index (χ2v) is 8.88. The molecule has 1 heterocycles. The molecule has 5 heteroatoms. The number of hydrogen-bond acceptors (Lipinski definition) is 2. The van der Waals surface area contributed by atoms with Crippen LogP contribution >= 0.6 is 0 Å². The van der Waals surface area contributed by atoms with E-state index in [-0.39, 0.29) is 11.3 Å². The van der Waals surface area contributed by atoms with E-state index in [2.05, 4.69) is 11.4 Å². The van der Waals surface area contributed by atoms with Crippen molar-refractivity contribution in [2.24, 2.45) is 5.41 Å². The number of hydrogen-bond donors (Lipinski definition) is 1. The predicted molar refractivity (Wildman–Crippen MR) is 110 cm³/mol. The summed E-state index contributed by atoms with van der Waals surface area (Å²) in [4.78, 5) is 14.3. The van der Waals surface area contributed by atoms with Gasteiger partial charge in [-0.2, -0.15) is 0 Å². The standard InChI is InChI=1S/C23H28F2N2O/c1-14-10-16-13-27(20-7-6-17(24)11-19(20)25)9-8-18(16)15(2)22(14)26-21(28)12-23(3,4)5/h6-7,10-11H,8-9,12-13H2,1-5H3,(H,26,28). The average Bonchev–Trinajstić information content (AvgIpc) is 2.56. The first kappa shape index (κ1) is 20.3. The van der Waals surface area contributed by atoms with Crippen molar-refractivity contribution in [1.29, 1.82) is 0 Å². The van der Waals surface area contributed by atoms with Crippen LogP contribution in [0.4, 0.5) is 20.2 Å². The molecule has 3 rings (SSSR count). The normalized spacial score (nSPS) is 14.0. The highest BCUT2D eigenvalue weighted by atomic mass is 19.1. The van der Waals surface area contributed by atoms with E-state index in [0.29, 0.717) is 25.2 Å². The van der Waals surface area contributed by atoms with Crippen LogP contribution in [0, 0.1) is 30.9 Å². The van der Waals surface area contributed by atoms with Crippen LogP contribution in [-0.4, -0.2) is 12.5 Å². The molecule has 1 amide bonds. The Kier molecular flexibility index (Phi) is 5.46. The van der Waals surface area contributed by atoms with Crippen molar-refractivity contribution in [3.8, 4) is 0 Å². The Balaban J connectivity index is 1.86. The average molecular weight is 386 g/mol. The van der Waals surface area contributed by atoms with Crippen molar-refractivity contribution >= 4 is 17.3 Å². The van der Waals surface area contributed by atoms with E-state index < -0.39 is 11.6 Å². The number of halogens is 2. The zero-order valence-electron chi connectivity index (χ0n) is 17.2. The first-order chi connectivity index (χ1) is 13.0. The molecule has 0 saturated carbocycles. The van der Waals surface area contributed by atoms with E-state index in [1.165, 1.54) is 17.7 Å². The number of aryl methyl sites for hydroxylation is 1. The summed E-state index contributed by atoms with van der Waals surface area (Å²) in [6.45, 7) is 11.4. The molecule has 3 nitrogen and oxygen atoms in total. The molecule has 0 atom stereocenters. The van der Waals surface area contributed by atoms with Gasteiger partial charge in [0.05, 0.1) is 5.69 Å². The number of anilines is 2.